The lowest BCUT2D eigenvalue weighted by molar-refractivity contribution is -0.385. The predicted molar refractivity (Wildman–Crippen MR) is 70.5 cm³/mol. The molecule has 1 aliphatic heterocycles. The first-order valence-corrected chi connectivity index (χ1v) is 7.66. The van der Waals surface area contributed by atoms with E-state index < -0.39 is 25.7 Å². The maximum Gasteiger partial charge on any atom is 0.372 e. The number of nitrogens with zero attached hydrogens (tertiary/aromatic N) is 3. The molecule has 0 saturated carbocycles. The number of hydrogen-bond donors (Lipinski definition) is 1. The first-order valence-electron chi connectivity index (χ1n) is 5.94. The van der Waals surface area contributed by atoms with Gasteiger partial charge in [-0.15, -0.1) is 0 Å². The summed E-state index contributed by atoms with van der Waals surface area (Å²) in [6.45, 7) is 0.0866. The minimum absolute atomic E-state index is 0.0380. The van der Waals surface area contributed by atoms with E-state index in [4.69, 9.17) is 4.74 Å². The number of nitrogens with one attached hydrogen (secondary N) is 1. The fourth-order valence-electron chi connectivity index (χ4n) is 2.10. The molecule has 2 rings (SSSR count). The highest BCUT2D eigenvalue weighted by atomic mass is 32.2. The zero-order valence-electron chi connectivity index (χ0n) is 10.8. The highest BCUT2D eigenvalue weighted by Gasteiger charge is 2.32. The second-order valence-electron chi connectivity index (χ2n) is 4.35. The van der Waals surface area contributed by atoms with Gasteiger partial charge in [0.1, 0.15) is 6.33 Å². The van der Waals surface area contributed by atoms with E-state index >= 15 is 0 Å². The van der Waals surface area contributed by atoms with Crippen LogP contribution in [0.4, 0.5) is 11.5 Å². The molecule has 1 N–H and O–H groups in total. The maximum absolute atomic E-state index is 11.7. The average molecular weight is 302 g/mol. The fourth-order valence-corrected chi connectivity index (χ4v) is 3.87. The van der Waals surface area contributed by atoms with Crippen LogP contribution >= 0.6 is 0 Å². The molecule has 0 amide bonds. The summed E-state index contributed by atoms with van der Waals surface area (Å²) in [4.78, 5) is 17.8. The molecule has 1 aromatic rings. The van der Waals surface area contributed by atoms with Crippen molar-refractivity contribution in [2.75, 3.05) is 24.7 Å². The lowest BCUT2D eigenvalue weighted by Crippen LogP contribution is -2.25. The Bertz CT molecular complexity index is 618. The van der Waals surface area contributed by atoms with Crippen molar-refractivity contribution in [3.05, 3.63) is 16.4 Å². The molecule has 2 heterocycles. The Balaban J connectivity index is 2.20. The summed E-state index contributed by atoms with van der Waals surface area (Å²) in [5, 5.41) is 13.2. The van der Waals surface area contributed by atoms with Crippen LogP contribution in [-0.2, 0) is 9.84 Å². The topological polar surface area (TPSA) is 124 Å². The lowest BCUT2D eigenvalue weighted by atomic mass is 10.2. The van der Waals surface area contributed by atoms with Gasteiger partial charge in [0, 0.05) is 6.54 Å². The Labute approximate surface area is 115 Å². The summed E-state index contributed by atoms with van der Waals surface area (Å²) in [5.74, 6) is -0.0418. The fraction of sp³-hybridized carbons (Fsp3) is 0.600. The molecule has 0 radical (unpaired) electrons. The number of ether oxygens (including phenoxy) is 1. The highest BCUT2D eigenvalue weighted by Crippen LogP contribution is 2.31. The molecular formula is C10H14N4O5S. The van der Waals surface area contributed by atoms with Crippen molar-refractivity contribution >= 4 is 21.3 Å². The smallest absolute Gasteiger partial charge is 0.372 e. The van der Waals surface area contributed by atoms with Gasteiger partial charge in [-0.2, -0.15) is 4.98 Å². The van der Waals surface area contributed by atoms with Gasteiger partial charge in [-0.1, -0.05) is 0 Å². The van der Waals surface area contributed by atoms with Gasteiger partial charge in [0.2, 0.25) is 5.82 Å². The highest BCUT2D eigenvalue weighted by molar-refractivity contribution is 7.92. The summed E-state index contributed by atoms with van der Waals surface area (Å²) in [6.07, 6.45) is 2.28. The second-order valence-corrected chi connectivity index (χ2v) is 6.75. The van der Waals surface area contributed by atoms with Gasteiger partial charge in [0.15, 0.2) is 9.84 Å². The molecule has 1 aromatic heterocycles. The largest absolute Gasteiger partial charge is 0.476 e. The molecule has 0 aliphatic carbocycles. The van der Waals surface area contributed by atoms with E-state index in [2.05, 4.69) is 15.3 Å². The molecule has 0 bridgehead atoms. The third kappa shape index (κ3) is 2.79. The Morgan fingerprint density at radius 3 is 2.85 bits per heavy atom. The summed E-state index contributed by atoms with van der Waals surface area (Å²) >= 11 is 0. The predicted octanol–water partition coefficient (Wildman–Crippen LogP) is 0.383. The van der Waals surface area contributed by atoms with E-state index in [9.17, 15) is 18.5 Å². The number of methoxy groups -OCH3 is 1. The minimum Gasteiger partial charge on any atom is -0.476 e. The number of anilines is 1. The van der Waals surface area contributed by atoms with Gasteiger partial charge >= 0.3 is 5.69 Å². The molecule has 1 saturated heterocycles. The van der Waals surface area contributed by atoms with Crippen LogP contribution in [0.2, 0.25) is 0 Å². The van der Waals surface area contributed by atoms with Crippen LogP contribution in [0.5, 0.6) is 5.88 Å². The van der Waals surface area contributed by atoms with Gasteiger partial charge < -0.3 is 10.1 Å². The molecule has 1 aliphatic rings. The third-order valence-electron chi connectivity index (χ3n) is 3.12. The summed E-state index contributed by atoms with van der Waals surface area (Å²) < 4.78 is 28.2. The molecule has 0 spiro atoms. The van der Waals surface area contributed by atoms with E-state index in [1.807, 2.05) is 0 Å². The van der Waals surface area contributed by atoms with Crippen LogP contribution in [0, 0.1) is 10.1 Å². The SMILES string of the molecule is COc1ncnc(NCC2CCCS2(=O)=O)c1[N+](=O)[O-]. The van der Waals surface area contributed by atoms with Crippen molar-refractivity contribution < 1.29 is 18.1 Å². The monoisotopic (exact) mass is 302 g/mol. The Kier molecular flexibility index (Phi) is 4.02. The van der Waals surface area contributed by atoms with Gasteiger partial charge in [-0.05, 0) is 12.8 Å². The second kappa shape index (κ2) is 5.57. The van der Waals surface area contributed by atoms with Crippen LogP contribution in [0.1, 0.15) is 12.8 Å². The van der Waals surface area contributed by atoms with Crippen molar-refractivity contribution in [2.24, 2.45) is 0 Å². The van der Waals surface area contributed by atoms with Crippen LogP contribution in [0.15, 0.2) is 6.33 Å². The van der Waals surface area contributed by atoms with Gasteiger partial charge in [-0.3, -0.25) is 10.1 Å². The molecule has 9 nitrogen and oxygen atoms in total. The quantitative estimate of drug-likeness (QED) is 0.611. The van der Waals surface area contributed by atoms with Gasteiger partial charge in [0.05, 0.1) is 23.0 Å². The standard InChI is InChI=1S/C10H14N4O5S/c1-19-10-8(14(15)16)9(12-6-13-10)11-5-7-3-2-4-20(7,17)18/h6-7H,2-5H2,1H3,(H,11,12,13). The molecule has 110 valence electrons. The van der Waals surface area contributed by atoms with Crippen LogP contribution < -0.4 is 10.1 Å². The summed E-state index contributed by atoms with van der Waals surface area (Å²) in [6, 6.07) is 0. The molecule has 10 heteroatoms. The van der Waals surface area contributed by atoms with E-state index in [-0.39, 0.29) is 24.0 Å². The number of nitro groups is 1. The lowest BCUT2D eigenvalue weighted by Gasteiger charge is -2.11. The van der Waals surface area contributed by atoms with E-state index in [1.165, 1.54) is 7.11 Å². The zero-order valence-corrected chi connectivity index (χ0v) is 11.6. The number of rotatable bonds is 5. The van der Waals surface area contributed by atoms with Crippen molar-refractivity contribution in [3.63, 3.8) is 0 Å². The van der Waals surface area contributed by atoms with Crippen molar-refractivity contribution in [1.29, 1.82) is 0 Å². The molecule has 1 atom stereocenters. The molecule has 1 unspecified atom stereocenters. The molecule has 20 heavy (non-hydrogen) atoms. The number of sulfone groups is 1. The average Bonchev–Trinajstić information content (AvgIpc) is 2.74. The Morgan fingerprint density at radius 2 is 2.30 bits per heavy atom. The van der Waals surface area contributed by atoms with Crippen molar-refractivity contribution in [2.45, 2.75) is 18.1 Å². The van der Waals surface area contributed by atoms with Crippen LogP contribution in [0.25, 0.3) is 0 Å². The Morgan fingerprint density at radius 1 is 1.55 bits per heavy atom. The normalized spacial score (nSPS) is 20.6. The third-order valence-corrected chi connectivity index (χ3v) is 5.40. The maximum atomic E-state index is 11.7. The number of hydrogen-bond acceptors (Lipinski definition) is 8. The van der Waals surface area contributed by atoms with E-state index in [0.29, 0.717) is 12.8 Å². The first kappa shape index (κ1) is 14.4. The number of aromatic nitrogens is 2. The van der Waals surface area contributed by atoms with Gasteiger partial charge in [-0.25, -0.2) is 13.4 Å². The van der Waals surface area contributed by atoms with Crippen molar-refractivity contribution in [3.8, 4) is 5.88 Å². The van der Waals surface area contributed by atoms with Gasteiger partial charge in [0.25, 0.3) is 5.88 Å². The summed E-state index contributed by atoms with van der Waals surface area (Å²) in [5.41, 5.74) is -0.398. The van der Waals surface area contributed by atoms with E-state index in [1.54, 1.807) is 0 Å². The summed E-state index contributed by atoms with van der Waals surface area (Å²) in [7, 11) is -1.85. The zero-order chi connectivity index (χ0) is 14.8. The molecule has 0 aromatic carbocycles. The van der Waals surface area contributed by atoms with Crippen molar-refractivity contribution in [1.82, 2.24) is 9.97 Å². The van der Waals surface area contributed by atoms with E-state index in [0.717, 1.165) is 6.33 Å². The Hall–Kier alpha value is -1.97. The minimum atomic E-state index is -3.11. The molecule has 1 fully saturated rings. The first-order chi connectivity index (χ1) is 9.45. The van der Waals surface area contributed by atoms with Crippen LogP contribution in [-0.4, -0.2) is 48.0 Å². The van der Waals surface area contributed by atoms with Crippen LogP contribution in [0.3, 0.4) is 0 Å². The molecular weight excluding hydrogens is 288 g/mol.